The Morgan fingerprint density at radius 3 is 2.50 bits per heavy atom. The fourth-order valence-electron chi connectivity index (χ4n) is 4.04. The molecule has 1 aliphatic heterocycles. The molecule has 2 aliphatic rings. The molecular formula is C17H25FN2. The van der Waals surface area contributed by atoms with Gasteiger partial charge in [0.2, 0.25) is 0 Å². The van der Waals surface area contributed by atoms with Gasteiger partial charge in [-0.15, -0.1) is 0 Å². The second kappa shape index (κ2) is 5.45. The van der Waals surface area contributed by atoms with E-state index in [0.29, 0.717) is 13.0 Å². The Bertz CT molecular complexity index is 464. The van der Waals surface area contributed by atoms with Gasteiger partial charge in [0.15, 0.2) is 0 Å². The van der Waals surface area contributed by atoms with Crippen molar-refractivity contribution in [2.75, 3.05) is 19.6 Å². The van der Waals surface area contributed by atoms with Crippen molar-refractivity contribution in [2.45, 2.75) is 38.1 Å². The quantitative estimate of drug-likeness (QED) is 0.916. The first-order chi connectivity index (χ1) is 9.62. The van der Waals surface area contributed by atoms with Crippen molar-refractivity contribution in [1.82, 2.24) is 4.90 Å². The van der Waals surface area contributed by atoms with Crippen molar-refractivity contribution in [1.29, 1.82) is 0 Å². The molecule has 110 valence electrons. The maximum absolute atomic E-state index is 13.9. The topological polar surface area (TPSA) is 29.3 Å². The molecule has 3 atom stereocenters. The molecule has 1 aromatic rings. The number of rotatable bonds is 4. The standard InChI is InChI=1S/C17H25FN2/c1-17(12-19,9-13-5-2-3-8-16(13)18)20-10-14-6-4-7-15(14)11-20/h2-3,5,8,14-15H,4,6-7,9-12,19H2,1H3. The van der Waals surface area contributed by atoms with E-state index in [0.717, 1.165) is 30.5 Å². The summed E-state index contributed by atoms with van der Waals surface area (Å²) in [6.45, 7) is 5.07. The number of benzene rings is 1. The predicted octanol–water partition coefficient (Wildman–Crippen LogP) is 2.82. The molecule has 2 fully saturated rings. The normalized spacial score (nSPS) is 29.4. The molecular weight excluding hydrogens is 251 g/mol. The summed E-state index contributed by atoms with van der Waals surface area (Å²) in [5.74, 6) is 1.59. The van der Waals surface area contributed by atoms with Crippen molar-refractivity contribution in [3.05, 3.63) is 35.6 Å². The third kappa shape index (κ3) is 2.49. The van der Waals surface area contributed by atoms with Gasteiger partial charge in [0.05, 0.1) is 0 Å². The van der Waals surface area contributed by atoms with Gasteiger partial charge in [-0.1, -0.05) is 24.6 Å². The highest BCUT2D eigenvalue weighted by Gasteiger charge is 2.43. The van der Waals surface area contributed by atoms with Crippen LogP contribution in [-0.2, 0) is 6.42 Å². The lowest BCUT2D eigenvalue weighted by Gasteiger charge is -2.39. The molecule has 1 aliphatic carbocycles. The summed E-state index contributed by atoms with van der Waals surface area (Å²) < 4.78 is 13.9. The van der Waals surface area contributed by atoms with E-state index in [9.17, 15) is 4.39 Å². The molecule has 0 spiro atoms. The van der Waals surface area contributed by atoms with Gasteiger partial charge in [0.1, 0.15) is 5.82 Å². The monoisotopic (exact) mass is 276 g/mol. The number of hydrogen-bond donors (Lipinski definition) is 1. The minimum absolute atomic E-state index is 0.105. The Balaban J connectivity index is 1.76. The second-order valence-corrected chi connectivity index (χ2v) is 6.83. The lowest BCUT2D eigenvalue weighted by Crippen LogP contribution is -2.52. The van der Waals surface area contributed by atoms with Crippen LogP contribution in [0.5, 0.6) is 0 Å². The van der Waals surface area contributed by atoms with Crippen LogP contribution in [0.25, 0.3) is 0 Å². The molecule has 2 N–H and O–H groups in total. The summed E-state index contributed by atoms with van der Waals surface area (Å²) in [5, 5.41) is 0. The number of hydrogen-bond acceptors (Lipinski definition) is 2. The number of halogens is 1. The molecule has 3 rings (SSSR count). The van der Waals surface area contributed by atoms with Crippen molar-refractivity contribution in [3.8, 4) is 0 Å². The highest BCUT2D eigenvalue weighted by molar-refractivity contribution is 5.20. The molecule has 1 heterocycles. The summed E-state index contributed by atoms with van der Waals surface area (Å²) >= 11 is 0. The number of likely N-dealkylation sites (tertiary alicyclic amines) is 1. The fourth-order valence-corrected chi connectivity index (χ4v) is 4.04. The lowest BCUT2D eigenvalue weighted by molar-refractivity contribution is 0.130. The van der Waals surface area contributed by atoms with E-state index in [1.807, 2.05) is 12.1 Å². The Kier molecular flexibility index (Phi) is 3.83. The van der Waals surface area contributed by atoms with Crippen LogP contribution in [0, 0.1) is 17.7 Å². The third-order valence-electron chi connectivity index (χ3n) is 5.46. The van der Waals surface area contributed by atoms with Gasteiger partial charge in [-0.2, -0.15) is 0 Å². The van der Waals surface area contributed by atoms with Crippen LogP contribution in [0.15, 0.2) is 24.3 Å². The SMILES string of the molecule is CC(CN)(Cc1ccccc1F)N1CC2CCCC2C1. The first-order valence-electron chi connectivity index (χ1n) is 7.81. The van der Waals surface area contributed by atoms with Crippen molar-refractivity contribution >= 4 is 0 Å². The van der Waals surface area contributed by atoms with Gasteiger partial charge in [0, 0.05) is 25.2 Å². The van der Waals surface area contributed by atoms with Gasteiger partial charge >= 0.3 is 0 Å². The molecule has 20 heavy (non-hydrogen) atoms. The smallest absolute Gasteiger partial charge is 0.126 e. The highest BCUT2D eigenvalue weighted by atomic mass is 19.1. The summed E-state index contributed by atoms with van der Waals surface area (Å²) in [7, 11) is 0. The van der Waals surface area contributed by atoms with Crippen LogP contribution in [-0.4, -0.2) is 30.1 Å². The summed E-state index contributed by atoms with van der Waals surface area (Å²) in [6.07, 6.45) is 4.81. The van der Waals surface area contributed by atoms with E-state index in [-0.39, 0.29) is 11.4 Å². The van der Waals surface area contributed by atoms with E-state index in [2.05, 4.69) is 11.8 Å². The van der Waals surface area contributed by atoms with E-state index in [4.69, 9.17) is 5.73 Å². The Labute approximate surface area is 121 Å². The zero-order valence-electron chi connectivity index (χ0n) is 12.3. The average molecular weight is 276 g/mol. The maximum Gasteiger partial charge on any atom is 0.126 e. The molecule has 3 unspecified atom stereocenters. The van der Waals surface area contributed by atoms with Gasteiger partial charge in [0.25, 0.3) is 0 Å². The minimum atomic E-state index is -0.119. The fraction of sp³-hybridized carbons (Fsp3) is 0.647. The molecule has 0 aromatic heterocycles. The van der Waals surface area contributed by atoms with E-state index in [1.54, 1.807) is 12.1 Å². The Morgan fingerprint density at radius 2 is 1.90 bits per heavy atom. The molecule has 0 radical (unpaired) electrons. The van der Waals surface area contributed by atoms with Gasteiger partial charge < -0.3 is 5.73 Å². The van der Waals surface area contributed by atoms with E-state index in [1.165, 1.54) is 19.3 Å². The molecule has 1 saturated heterocycles. The van der Waals surface area contributed by atoms with Crippen LogP contribution in [0.3, 0.4) is 0 Å². The van der Waals surface area contributed by atoms with Crippen molar-refractivity contribution in [2.24, 2.45) is 17.6 Å². The van der Waals surface area contributed by atoms with Gasteiger partial charge in [-0.25, -0.2) is 4.39 Å². The zero-order valence-corrected chi connectivity index (χ0v) is 12.3. The molecule has 3 heteroatoms. The molecule has 1 aromatic carbocycles. The predicted molar refractivity (Wildman–Crippen MR) is 80.0 cm³/mol. The summed E-state index contributed by atoms with van der Waals surface area (Å²) in [5.41, 5.74) is 6.74. The second-order valence-electron chi connectivity index (χ2n) is 6.83. The van der Waals surface area contributed by atoms with Crippen LogP contribution in [0.2, 0.25) is 0 Å². The summed E-state index contributed by atoms with van der Waals surface area (Å²) in [6, 6.07) is 7.10. The first kappa shape index (κ1) is 14.0. The molecule has 1 saturated carbocycles. The Hall–Kier alpha value is -0.930. The van der Waals surface area contributed by atoms with Crippen molar-refractivity contribution < 1.29 is 4.39 Å². The number of fused-ring (bicyclic) bond motifs is 1. The number of nitrogens with two attached hydrogens (primary N) is 1. The Morgan fingerprint density at radius 1 is 1.25 bits per heavy atom. The van der Waals surface area contributed by atoms with Gasteiger partial charge in [-0.3, -0.25) is 4.90 Å². The van der Waals surface area contributed by atoms with E-state index >= 15 is 0 Å². The number of nitrogens with zero attached hydrogens (tertiary/aromatic N) is 1. The average Bonchev–Trinajstić information content (AvgIpc) is 3.02. The lowest BCUT2D eigenvalue weighted by atomic mass is 9.90. The largest absolute Gasteiger partial charge is 0.329 e. The van der Waals surface area contributed by atoms with Crippen LogP contribution in [0.4, 0.5) is 4.39 Å². The maximum atomic E-state index is 13.9. The minimum Gasteiger partial charge on any atom is -0.329 e. The zero-order chi connectivity index (χ0) is 14.2. The summed E-state index contributed by atoms with van der Waals surface area (Å²) in [4.78, 5) is 2.52. The van der Waals surface area contributed by atoms with Crippen LogP contribution < -0.4 is 5.73 Å². The molecule has 0 amide bonds. The van der Waals surface area contributed by atoms with Crippen molar-refractivity contribution in [3.63, 3.8) is 0 Å². The molecule has 0 bridgehead atoms. The van der Waals surface area contributed by atoms with Crippen LogP contribution in [0.1, 0.15) is 31.7 Å². The van der Waals surface area contributed by atoms with Gasteiger partial charge in [-0.05, 0) is 49.7 Å². The first-order valence-corrected chi connectivity index (χ1v) is 7.81. The van der Waals surface area contributed by atoms with Crippen LogP contribution >= 0.6 is 0 Å². The highest BCUT2D eigenvalue weighted by Crippen LogP contribution is 2.40. The third-order valence-corrected chi connectivity index (χ3v) is 5.46. The van der Waals surface area contributed by atoms with E-state index < -0.39 is 0 Å². The molecule has 2 nitrogen and oxygen atoms in total.